The molecule has 33 heavy (non-hydrogen) atoms. The molecular formula is C25H34N4O4. The van der Waals surface area contributed by atoms with Gasteiger partial charge in [0.15, 0.2) is 0 Å². The van der Waals surface area contributed by atoms with Crippen molar-refractivity contribution in [1.29, 1.82) is 0 Å². The Morgan fingerprint density at radius 2 is 2.00 bits per heavy atom. The summed E-state index contributed by atoms with van der Waals surface area (Å²) in [6.45, 7) is 6.60. The first-order chi connectivity index (χ1) is 15.8. The molecule has 3 N–H and O–H groups in total. The summed E-state index contributed by atoms with van der Waals surface area (Å²) in [5, 5.41) is 17.6. The number of amides is 2. The summed E-state index contributed by atoms with van der Waals surface area (Å²) < 4.78 is 5.30. The number of hydrogen-bond donors (Lipinski definition) is 3. The average Bonchev–Trinajstić information content (AvgIpc) is 3.33. The van der Waals surface area contributed by atoms with Gasteiger partial charge in [0.1, 0.15) is 12.1 Å². The van der Waals surface area contributed by atoms with E-state index >= 15 is 0 Å². The van der Waals surface area contributed by atoms with Crippen molar-refractivity contribution >= 4 is 11.8 Å². The highest BCUT2D eigenvalue weighted by molar-refractivity contribution is 5.93. The minimum absolute atomic E-state index is 0.00245. The van der Waals surface area contributed by atoms with Crippen molar-refractivity contribution in [1.82, 2.24) is 20.6 Å². The fourth-order valence-corrected chi connectivity index (χ4v) is 6.11. The van der Waals surface area contributed by atoms with Gasteiger partial charge < -0.3 is 20.2 Å². The Morgan fingerprint density at radius 1 is 1.27 bits per heavy atom. The molecule has 2 fully saturated rings. The predicted octanol–water partition coefficient (Wildman–Crippen LogP) is 2.94. The maximum absolute atomic E-state index is 12.8. The van der Waals surface area contributed by atoms with Crippen LogP contribution in [0.25, 0.3) is 0 Å². The number of carbonyl (C=O) groups excluding carboxylic acids is 2. The number of rotatable bonds is 6. The third-order valence-corrected chi connectivity index (χ3v) is 8.10. The number of carbonyl (C=O) groups is 2. The lowest BCUT2D eigenvalue weighted by Gasteiger charge is -2.56. The van der Waals surface area contributed by atoms with Gasteiger partial charge in [0.25, 0.3) is 5.91 Å². The molecule has 0 saturated heterocycles. The molecule has 0 aliphatic heterocycles. The number of nitrogens with one attached hydrogen (secondary N) is 2. The molecule has 0 bridgehead atoms. The third kappa shape index (κ3) is 4.81. The molecule has 8 nitrogen and oxygen atoms in total. The molecule has 8 heteroatoms. The standard InChI is InChI=1S/C25H34N4O4/c1-15(23(31)28-13-18-5-4-10-33-18)19-6-8-25(3)9-7-20(16(2)21(25)22(19)30)29-24(32)17-11-26-14-27-12-17/h4-5,10-12,14-16,19-22,30H,6-9,13H2,1-3H3,(H,28,31)(H,29,32). The van der Waals surface area contributed by atoms with Gasteiger partial charge in [-0.25, -0.2) is 9.97 Å². The van der Waals surface area contributed by atoms with Crippen LogP contribution in [0.5, 0.6) is 0 Å². The zero-order valence-corrected chi connectivity index (χ0v) is 19.5. The largest absolute Gasteiger partial charge is 0.467 e. The van der Waals surface area contributed by atoms with Gasteiger partial charge in [-0.3, -0.25) is 9.59 Å². The number of hydrogen-bond acceptors (Lipinski definition) is 6. The number of nitrogens with zero attached hydrogens (tertiary/aromatic N) is 2. The Bertz CT molecular complexity index is 951. The molecule has 4 rings (SSSR count). The van der Waals surface area contributed by atoms with Gasteiger partial charge in [-0.05, 0) is 61.0 Å². The number of fused-ring (bicyclic) bond motifs is 1. The highest BCUT2D eigenvalue weighted by Crippen LogP contribution is 2.55. The van der Waals surface area contributed by atoms with Gasteiger partial charge in [0.05, 0.1) is 24.5 Å². The average molecular weight is 455 g/mol. The monoisotopic (exact) mass is 454 g/mol. The van der Waals surface area contributed by atoms with E-state index in [0.29, 0.717) is 17.9 Å². The first kappa shape index (κ1) is 23.4. The van der Waals surface area contributed by atoms with E-state index in [2.05, 4.69) is 34.4 Å². The Labute approximate surface area is 194 Å². The van der Waals surface area contributed by atoms with Crippen LogP contribution < -0.4 is 10.6 Å². The van der Waals surface area contributed by atoms with Crippen LogP contribution in [0, 0.1) is 29.1 Å². The predicted molar refractivity (Wildman–Crippen MR) is 122 cm³/mol. The summed E-state index contributed by atoms with van der Waals surface area (Å²) in [6, 6.07) is 3.57. The number of aromatic nitrogens is 2. The Kier molecular flexibility index (Phi) is 6.83. The minimum Gasteiger partial charge on any atom is -0.467 e. The summed E-state index contributed by atoms with van der Waals surface area (Å²) in [7, 11) is 0. The third-order valence-electron chi connectivity index (χ3n) is 8.10. The fourth-order valence-electron chi connectivity index (χ4n) is 6.11. The van der Waals surface area contributed by atoms with Crippen LogP contribution in [0.1, 0.15) is 62.6 Å². The van der Waals surface area contributed by atoms with Crippen LogP contribution >= 0.6 is 0 Å². The molecule has 2 aliphatic carbocycles. The molecule has 0 aromatic carbocycles. The molecule has 2 heterocycles. The highest BCUT2D eigenvalue weighted by Gasteiger charge is 2.53. The molecule has 178 valence electrons. The second-order valence-corrected chi connectivity index (χ2v) is 10.1. The lowest BCUT2D eigenvalue weighted by atomic mass is 9.51. The quantitative estimate of drug-likeness (QED) is 0.618. The molecule has 2 aromatic heterocycles. The number of aliphatic hydroxyl groups is 1. The second kappa shape index (κ2) is 9.63. The Hall–Kier alpha value is -2.74. The molecule has 2 aromatic rings. The molecule has 0 spiro atoms. The normalized spacial score (nSPS) is 32.4. The van der Waals surface area contributed by atoms with E-state index in [1.807, 2.05) is 13.0 Å². The molecular weight excluding hydrogens is 420 g/mol. The van der Waals surface area contributed by atoms with E-state index in [4.69, 9.17) is 4.42 Å². The van der Waals surface area contributed by atoms with Crippen LogP contribution in [-0.4, -0.2) is 39.0 Å². The van der Waals surface area contributed by atoms with Gasteiger partial charge in [-0.15, -0.1) is 0 Å². The first-order valence-corrected chi connectivity index (χ1v) is 11.8. The lowest BCUT2D eigenvalue weighted by Crippen LogP contribution is -2.58. The van der Waals surface area contributed by atoms with Crippen LogP contribution in [0.15, 0.2) is 41.5 Å². The molecule has 2 aliphatic rings. The maximum atomic E-state index is 12.8. The smallest absolute Gasteiger partial charge is 0.254 e. The molecule has 2 amide bonds. The second-order valence-electron chi connectivity index (χ2n) is 10.1. The summed E-state index contributed by atoms with van der Waals surface area (Å²) in [6.07, 6.45) is 8.97. The molecule has 0 radical (unpaired) electrons. The van der Waals surface area contributed by atoms with E-state index in [1.54, 1.807) is 12.3 Å². The van der Waals surface area contributed by atoms with Crippen LogP contribution in [-0.2, 0) is 11.3 Å². The molecule has 7 unspecified atom stereocenters. The van der Waals surface area contributed by atoms with Crippen molar-refractivity contribution < 1.29 is 19.1 Å². The van der Waals surface area contributed by atoms with Gasteiger partial charge >= 0.3 is 0 Å². The van der Waals surface area contributed by atoms with Crippen molar-refractivity contribution in [2.45, 2.75) is 65.1 Å². The van der Waals surface area contributed by atoms with E-state index in [0.717, 1.165) is 25.7 Å². The van der Waals surface area contributed by atoms with E-state index in [9.17, 15) is 14.7 Å². The number of aliphatic hydroxyl groups excluding tert-OH is 1. The van der Waals surface area contributed by atoms with Crippen molar-refractivity contribution in [2.75, 3.05) is 0 Å². The highest BCUT2D eigenvalue weighted by atomic mass is 16.3. The Morgan fingerprint density at radius 3 is 2.70 bits per heavy atom. The van der Waals surface area contributed by atoms with Crippen molar-refractivity contribution in [3.8, 4) is 0 Å². The minimum atomic E-state index is -0.608. The zero-order valence-electron chi connectivity index (χ0n) is 19.5. The summed E-state index contributed by atoms with van der Waals surface area (Å²) in [4.78, 5) is 33.4. The van der Waals surface area contributed by atoms with Crippen molar-refractivity contribution in [3.63, 3.8) is 0 Å². The van der Waals surface area contributed by atoms with Crippen LogP contribution in [0.2, 0.25) is 0 Å². The molecule has 2 saturated carbocycles. The van der Waals surface area contributed by atoms with Crippen molar-refractivity contribution in [2.24, 2.45) is 29.1 Å². The zero-order chi connectivity index (χ0) is 23.6. The summed E-state index contributed by atoms with van der Waals surface area (Å²) in [5.74, 6) is 0.0778. The summed E-state index contributed by atoms with van der Waals surface area (Å²) in [5.41, 5.74) is 0.429. The van der Waals surface area contributed by atoms with Gasteiger partial charge in [-0.1, -0.05) is 20.8 Å². The van der Waals surface area contributed by atoms with Gasteiger partial charge in [0, 0.05) is 24.4 Å². The van der Waals surface area contributed by atoms with Crippen LogP contribution in [0.4, 0.5) is 0 Å². The summed E-state index contributed by atoms with van der Waals surface area (Å²) >= 11 is 0. The van der Waals surface area contributed by atoms with Gasteiger partial charge in [-0.2, -0.15) is 0 Å². The maximum Gasteiger partial charge on any atom is 0.254 e. The number of furan rings is 1. The van der Waals surface area contributed by atoms with Gasteiger partial charge in [0.2, 0.25) is 5.91 Å². The van der Waals surface area contributed by atoms with E-state index in [-0.39, 0.29) is 46.9 Å². The fraction of sp³-hybridized carbons (Fsp3) is 0.600. The topological polar surface area (TPSA) is 117 Å². The van der Waals surface area contributed by atoms with Crippen molar-refractivity contribution in [3.05, 3.63) is 48.4 Å². The van der Waals surface area contributed by atoms with Crippen LogP contribution in [0.3, 0.4) is 0 Å². The lowest BCUT2D eigenvalue weighted by molar-refractivity contribution is -0.142. The molecule has 7 atom stereocenters. The Balaban J connectivity index is 1.43. The van der Waals surface area contributed by atoms with E-state index < -0.39 is 6.10 Å². The van der Waals surface area contributed by atoms with E-state index in [1.165, 1.54) is 18.7 Å². The SMILES string of the molecule is CC(C(=O)NCc1ccco1)C1CCC2(C)CCC(NC(=O)c3cncnc3)C(C)C2C1O. The first-order valence-electron chi connectivity index (χ1n) is 11.8.